The zero-order chi connectivity index (χ0) is 24.6. The molecular weight excluding hydrogens is 464 g/mol. The molecule has 3 aromatic heterocycles. The highest BCUT2D eigenvalue weighted by atomic mass is 19.3. The van der Waals surface area contributed by atoms with Gasteiger partial charge in [0.15, 0.2) is 11.3 Å². The van der Waals surface area contributed by atoms with Crippen LogP contribution in [-0.2, 0) is 16.1 Å². The highest BCUT2D eigenvalue weighted by Gasteiger charge is 2.45. The normalized spacial score (nSPS) is 18.3. The van der Waals surface area contributed by atoms with Crippen molar-refractivity contribution in [2.45, 2.75) is 56.5 Å². The summed E-state index contributed by atoms with van der Waals surface area (Å²) in [6.45, 7) is 0.335. The van der Waals surface area contributed by atoms with E-state index < -0.39 is 12.0 Å². The molecule has 35 heavy (non-hydrogen) atoms. The Kier molecular flexibility index (Phi) is 6.17. The number of ether oxygens (including phenoxy) is 1. The molecule has 3 heterocycles. The van der Waals surface area contributed by atoms with Gasteiger partial charge in [0.1, 0.15) is 5.69 Å². The van der Waals surface area contributed by atoms with Gasteiger partial charge in [-0.3, -0.25) is 9.59 Å². The van der Waals surface area contributed by atoms with Crippen LogP contribution >= 0.6 is 0 Å². The first kappa shape index (κ1) is 23.3. The molecular formula is C22H25F2N7O4. The number of hydrogen-bond donors (Lipinski definition) is 2. The van der Waals surface area contributed by atoms with Gasteiger partial charge < -0.3 is 15.4 Å². The van der Waals surface area contributed by atoms with Crippen molar-refractivity contribution in [1.82, 2.24) is 35.5 Å². The summed E-state index contributed by atoms with van der Waals surface area (Å²) in [5, 5.41) is 17.5. The summed E-state index contributed by atoms with van der Waals surface area (Å²) in [7, 11) is 1.51. The minimum Gasteiger partial charge on any atom is -0.382 e. The molecule has 11 nitrogen and oxygen atoms in total. The van der Waals surface area contributed by atoms with Gasteiger partial charge in [0.25, 0.3) is 5.91 Å². The van der Waals surface area contributed by atoms with Crippen LogP contribution in [0.4, 0.5) is 8.78 Å². The molecule has 13 heteroatoms. The number of nitrogens with zero attached hydrogens (tertiary/aromatic N) is 5. The van der Waals surface area contributed by atoms with E-state index in [0.717, 1.165) is 12.8 Å². The van der Waals surface area contributed by atoms with Crippen molar-refractivity contribution in [3.8, 4) is 0 Å². The molecule has 0 aromatic carbocycles. The van der Waals surface area contributed by atoms with Gasteiger partial charge in [-0.1, -0.05) is 5.16 Å². The molecule has 0 aliphatic heterocycles. The summed E-state index contributed by atoms with van der Waals surface area (Å²) in [6, 6.07) is 1.25. The van der Waals surface area contributed by atoms with E-state index in [2.05, 4.69) is 31.0 Å². The van der Waals surface area contributed by atoms with Crippen LogP contribution in [0, 0.1) is 5.92 Å². The van der Waals surface area contributed by atoms with Gasteiger partial charge >= 0.3 is 0 Å². The molecule has 2 N–H and O–H groups in total. The number of imidazole rings is 1. The Morgan fingerprint density at radius 2 is 2.11 bits per heavy atom. The summed E-state index contributed by atoms with van der Waals surface area (Å²) in [6.07, 6.45) is 4.73. The molecule has 0 spiro atoms. The van der Waals surface area contributed by atoms with Crippen LogP contribution in [0.3, 0.4) is 0 Å². The molecule has 2 aliphatic rings. The number of alkyl halides is 2. The quantitative estimate of drug-likeness (QED) is 0.442. The van der Waals surface area contributed by atoms with Crippen molar-refractivity contribution in [1.29, 1.82) is 0 Å². The summed E-state index contributed by atoms with van der Waals surface area (Å²) in [5.74, 6) is -3.44. The Morgan fingerprint density at radius 3 is 2.83 bits per heavy atom. The van der Waals surface area contributed by atoms with Crippen LogP contribution < -0.4 is 10.6 Å². The van der Waals surface area contributed by atoms with E-state index in [9.17, 15) is 18.4 Å². The number of amides is 2. The smallest absolute Gasteiger partial charge is 0.275 e. The van der Waals surface area contributed by atoms with Crippen molar-refractivity contribution < 1.29 is 27.7 Å². The second-order valence-corrected chi connectivity index (χ2v) is 9.19. The standard InChI is InChI=1S/C22H25F2N7O4/c1-34-11-16(28-18(32)4-12-6-22(23,24)7-12)14-5-17-27-15(10-31(17)26-8-14)9-25-21(33)20-19(13-2-3-13)29-35-30-20/h5,8,10,12-13,16H,2-4,6-7,9,11H2,1H3,(H,25,33)(H,28,32). The lowest BCUT2D eigenvalue weighted by molar-refractivity contribution is -0.134. The lowest BCUT2D eigenvalue weighted by Gasteiger charge is -2.34. The van der Waals surface area contributed by atoms with Crippen LogP contribution in [0.2, 0.25) is 0 Å². The first-order valence-corrected chi connectivity index (χ1v) is 11.4. The van der Waals surface area contributed by atoms with Gasteiger partial charge in [-0.25, -0.2) is 22.9 Å². The topological polar surface area (TPSA) is 137 Å². The second-order valence-electron chi connectivity index (χ2n) is 9.19. The molecule has 0 bridgehead atoms. The van der Waals surface area contributed by atoms with Crippen molar-refractivity contribution in [2.75, 3.05) is 13.7 Å². The van der Waals surface area contributed by atoms with Gasteiger partial charge in [-0.05, 0) is 30.0 Å². The Bertz CT molecular complexity index is 1230. The predicted octanol–water partition coefficient (Wildman–Crippen LogP) is 2.16. The lowest BCUT2D eigenvalue weighted by Crippen LogP contribution is -2.40. The number of carbonyl (C=O) groups excluding carboxylic acids is 2. The summed E-state index contributed by atoms with van der Waals surface area (Å²) in [4.78, 5) is 29.4. The maximum atomic E-state index is 13.1. The van der Waals surface area contributed by atoms with E-state index in [1.54, 1.807) is 23.0 Å². The molecule has 2 aliphatic carbocycles. The number of nitrogens with one attached hydrogen (secondary N) is 2. The Hall–Kier alpha value is -3.48. The monoisotopic (exact) mass is 489 g/mol. The Morgan fingerprint density at radius 1 is 1.31 bits per heavy atom. The van der Waals surface area contributed by atoms with Gasteiger partial charge in [0.2, 0.25) is 11.8 Å². The third-order valence-electron chi connectivity index (χ3n) is 6.23. The van der Waals surface area contributed by atoms with Crippen LogP contribution in [0.15, 0.2) is 23.1 Å². The molecule has 1 unspecified atom stereocenters. The molecule has 186 valence electrons. The van der Waals surface area contributed by atoms with Gasteiger partial charge in [0, 0.05) is 37.9 Å². The van der Waals surface area contributed by atoms with Crippen molar-refractivity contribution in [3.05, 3.63) is 41.1 Å². The van der Waals surface area contributed by atoms with E-state index >= 15 is 0 Å². The Balaban J connectivity index is 1.22. The van der Waals surface area contributed by atoms with Crippen molar-refractivity contribution >= 4 is 17.5 Å². The number of rotatable bonds is 10. The van der Waals surface area contributed by atoms with Crippen LogP contribution in [-0.4, -0.2) is 56.4 Å². The largest absolute Gasteiger partial charge is 0.382 e. The van der Waals surface area contributed by atoms with E-state index in [1.807, 2.05) is 0 Å². The van der Waals surface area contributed by atoms with Crippen LogP contribution in [0.1, 0.15) is 71.5 Å². The van der Waals surface area contributed by atoms with Gasteiger partial charge in [-0.15, -0.1) is 0 Å². The third-order valence-corrected chi connectivity index (χ3v) is 6.23. The first-order valence-electron chi connectivity index (χ1n) is 11.4. The number of hydrogen-bond acceptors (Lipinski definition) is 8. The minimum atomic E-state index is -2.66. The molecule has 2 amide bonds. The molecule has 3 aromatic rings. The summed E-state index contributed by atoms with van der Waals surface area (Å²) >= 11 is 0. The second kappa shape index (κ2) is 9.29. The van der Waals surface area contributed by atoms with Crippen LogP contribution in [0.5, 0.6) is 0 Å². The average Bonchev–Trinajstić information content (AvgIpc) is 3.37. The number of fused-ring (bicyclic) bond motifs is 1. The fourth-order valence-electron chi connectivity index (χ4n) is 4.28. The molecule has 0 radical (unpaired) electrons. The van der Waals surface area contributed by atoms with E-state index in [-0.39, 0.29) is 61.8 Å². The molecule has 5 rings (SSSR count). The third kappa shape index (κ3) is 5.29. The fraction of sp³-hybridized carbons (Fsp3) is 0.545. The number of methoxy groups -OCH3 is 1. The predicted molar refractivity (Wildman–Crippen MR) is 115 cm³/mol. The molecule has 0 saturated heterocycles. The van der Waals surface area contributed by atoms with Gasteiger partial charge in [-0.2, -0.15) is 5.10 Å². The van der Waals surface area contributed by atoms with Crippen LogP contribution in [0.25, 0.3) is 5.65 Å². The average molecular weight is 489 g/mol. The molecule has 1 atom stereocenters. The highest BCUT2D eigenvalue weighted by Crippen LogP contribution is 2.44. The highest BCUT2D eigenvalue weighted by molar-refractivity contribution is 5.93. The first-order chi connectivity index (χ1) is 16.8. The zero-order valence-electron chi connectivity index (χ0n) is 19.0. The fourth-order valence-corrected chi connectivity index (χ4v) is 4.28. The molecule has 2 fully saturated rings. The van der Waals surface area contributed by atoms with Crippen molar-refractivity contribution in [2.24, 2.45) is 5.92 Å². The van der Waals surface area contributed by atoms with E-state index in [4.69, 9.17) is 9.37 Å². The van der Waals surface area contributed by atoms with Gasteiger partial charge in [0.05, 0.1) is 37.3 Å². The SMILES string of the molecule is COCC(NC(=O)CC1CC(F)(F)C1)c1cnn2cc(CNC(=O)c3nonc3C3CC3)nc2c1. The molecule has 2 saturated carbocycles. The summed E-state index contributed by atoms with van der Waals surface area (Å²) in [5.41, 5.74) is 2.53. The lowest BCUT2D eigenvalue weighted by atomic mass is 9.79. The van der Waals surface area contributed by atoms with Crippen molar-refractivity contribution in [3.63, 3.8) is 0 Å². The van der Waals surface area contributed by atoms with E-state index in [1.165, 1.54) is 7.11 Å². The Labute approximate surface area is 198 Å². The number of aromatic nitrogens is 5. The maximum Gasteiger partial charge on any atom is 0.275 e. The summed E-state index contributed by atoms with van der Waals surface area (Å²) < 4.78 is 37.6. The number of halogens is 2. The minimum absolute atomic E-state index is 0.0439. The zero-order valence-corrected chi connectivity index (χ0v) is 19.0. The van der Waals surface area contributed by atoms with E-state index in [0.29, 0.717) is 22.6 Å². The maximum absolute atomic E-state index is 13.1. The number of carbonyl (C=O) groups is 2.